The van der Waals surface area contributed by atoms with Gasteiger partial charge in [0.15, 0.2) is 11.5 Å². The van der Waals surface area contributed by atoms with Gasteiger partial charge in [-0.15, -0.1) is 0 Å². The molecule has 7 heteroatoms. The molecular weight excluding hydrogens is 298 g/mol. The number of anilines is 1. The standard InChI is InChI=1S/C16H23N3O4/c1-22-13-7-11(15(18)20)12(8-14(13)23-2)19-16(21)9-4-3-5-10(17)6-9/h7-10H,3-6,17H2,1-2H3,(H2,18,20)(H,19,21). The molecule has 0 radical (unpaired) electrons. The second kappa shape index (κ2) is 7.32. The molecule has 0 aromatic heterocycles. The third kappa shape index (κ3) is 3.92. The Morgan fingerprint density at radius 1 is 1.17 bits per heavy atom. The van der Waals surface area contributed by atoms with Crippen molar-refractivity contribution in [2.75, 3.05) is 19.5 Å². The molecule has 7 nitrogen and oxygen atoms in total. The number of nitrogens with two attached hydrogens (primary N) is 2. The van der Waals surface area contributed by atoms with Crippen LogP contribution >= 0.6 is 0 Å². The molecule has 0 spiro atoms. The van der Waals surface area contributed by atoms with E-state index < -0.39 is 5.91 Å². The molecular formula is C16H23N3O4. The van der Waals surface area contributed by atoms with Gasteiger partial charge in [0.2, 0.25) is 5.91 Å². The highest BCUT2D eigenvalue weighted by Crippen LogP contribution is 2.34. The summed E-state index contributed by atoms with van der Waals surface area (Å²) in [5.41, 5.74) is 11.8. The molecule has 0 bridgehead atoms. The van der Waals surface area contributed by atoms with E-state index in [1.54, 1.807) is 6.07 Å². The average molecular weight is 321 g/mol. The minimum atomic E-state index is -0.651. The summed E-state index contributed by atoms with van der Waals surface area (Å²) >= 11 is 0. The van der Waals surface area contributed by atoms with Crippen LogP contribution in [0.25, 0.3) is 0 Å². The van der Waals surface area contributed by atoms with Crippen LogP contribution in [0.5, 0.6) is 11.5 Å². The summed E-state index contributed by atoms with van der Waals surface area (Å²) in [6.45, 7) is 0. The molecule has 2 atom stereocenters. The Kier molecular flexibility index (Phi) is 5.44. The van der Waals surface area contributed by atoms with Crippen LogP contribution in [0.1, 0.15) is 36.0 Å². The number of carbonyl (C=O) groups is 2. The second-order valence-electron chi connectivity index (χ2n) is 5.73. The fraction of sp³-hybridized carbons (Fsp3) is 0.500. The molecule has 0 heterocycles. The van der Waals surface area contributed by atoms with E-state index in [1.165, 1.54) is 20.3 Å². The number of hydrogen-bond acceptors (Lipinski definition) is 5. The van der Waals surface area contributed by atoms with Gasteiger partial charge in [0, 0.05) is 18.0 Å². The molecule has 5 N–H and O–H groups in total. The molecule has 23 heavy (non-hydrogen) atoms. The van der Waals surface area contributed by atoms with E-state index in [9.17, 15) is 9.59 Å². The van der Waals surface area contributed by atoms with Gasteiger partial charge in [0.25, 0.3) is 5.91 Å². The van der Waals surface area contributed by atoms with E-state index in [4.69, 9.17) is 20.9 Å². The first-order chi connectivity index (χ1) is 11.0. The number of ether oxygens (including phenoxy) is 2. The monoisotopic (exact) mass is 321 g/mol. The highest BCUT2D eigenvalue weighted by Gasteiger charge is 2.26. The van der Waals surface area contributed by atoms with Crippen molar-refractivity contribution in [2.45, 2.75) is 31.7 Å². The molecule has 1 fully saturated rings. The lowest BCUT2D eigenvalue weighted by molar-refractivity contribution is -0.120. The Bertz CT molecular complexity index is 603. The van der Waals surface area contributed by atoms with E-state index in [-0.39, 0.29) is 23.4 Å². The summed E-state index contributed by atoms with van der Waals surface area (Å²) in [7, 11) is 2.94. The highest BCUT2D eigenvalue weighted by molar-refractivity contribution is 6.04. The van der Waals surface area contributed by atoms with Crippen molar-refractivity contribution in [3.8, 4) is 11.5 Å². The number of methoxy groups -OCH3 is 2. The van der Waals surface area contributed by atoms with E-state index in [0.29, 0.717) is 23.6 Å². The van der Waals surface area contributed by atoms with Crippen molar-refractivity contribution in [1.82, 2.24) is 0 Å². The Hall–Kier alpha value is -2.28. The third-order valence-corrected chi connectivity index (χ3v) is 4.13. The SMILES string of the molecule is COc1cc(NC(=O)C2CCCC(N)C2)c(C(N)=O)cc1OC. The van der Waals surface area contributed by atoms with Crippen LogP contribution in [0.2, 0.25) is 0 Å². The summed E-state index contributed by atoms with van der Waals surface area (Å²) in [6, 6.07) is 3.05. The molecule has 0 saturated heterocycles. The molecule has 1 aliphatic rings. The van der Waals surface area contributed by atoms with E-state index in [0.717, 1.165) is 19.3 Å². The second-order valence-corrected chi connectivity index (χ2v) is 5.73. The number of nitrogens with one attached hydrogen (secondary N) is 1. The van der Waals surface area contributed by atoms with Crippen LogP contribution < -0.4 is 26.3 Å². The van der Waals surface area contributed by atoms with Gasteiger partial charge in [-0.05, 0) is 25.3 Å². The molecule has 1 saturated carbocycles. The first-order valence-corrected chi connectivity index (χ1v) is 7.58. The Labute approximate surface area is 135 Å². The normalized spacial score (nSPS) is 20.7. The van der Waals surface area contributed by atoms with Crippen LogP contribution in [0, 0.1) is 5.92 Å². The number of rotatable bonds is 5. The fourth-order valence-electron chi connectivity index (χ4n) is 2.89. The lowest BCUT2D eigenvalue weighted by Crippen LogP contribution is -2.34. The number of primary amides is 1. The predicted molar refractivity (Wildman–Crippen MR) is 86.6 cm³/mol. The van der Waals surface area contributed by atoms with Gasteiger partial charge in [-0.1, -0.05) is 6.42 Å². The quantitative estimate of drug-likeness (QED) is 0.755. The predicted octanol–water partition coefficient (Wildman–Crippen LogP) is 1.26. The summed E-state index contributed by atoms with van der Waals surface area (Å²) in [5.74, 6) is -0.184. The highest BCUT2D eigenvalue weighted by atomic mass is 16.5. The molecule has 1 aromatic rings. The van der Waals surface area contributed by atoms with Crippen molar-refractivity contribution in [2.24, 2.45) is 17.4 Å². The van der Waals surface area contributed by atoms with Gasteiger partial charge in [0.1, 0.15) is 0 Å². The van der Waals surface area contributed by atoms with Gasteiger partial charge in [-0.2, -0.15) is 0 Å². The van der Waals surface area contributed by atoms with Gasteiger partial charge < -0.3 is 26.3 Å². The first-order valence-electron chi connectivity index (χ1n) is 7.58. The zero-order valence-electron chi connectivity index (χ0n) is 13.4. The zero-order chi connectivity index (χ0) is 17.0. The molecule has 2 unspecified atom stereocenters. The molecule has 2 amide bonds. The van der Waals surface area contributed by atoms with Crippen LogP contribution in [-0.2, 0) is 4.79 Å². The lowest BCUT2D eigenvalue weighted by Gasteiger charge is -2.26. The summed E-state index contributed by atoms with van der Waals surface area (Å²) in [5, 5.41) is 2.78. The Morgan fingerprint density at radius 2 is 1.83 bits per heavy atom. The molecule has 0 aliphatic heterocycles. The maximum Gasteiger partial charge on any atom is 0.250 e. The smallest absolute Gasteiger partial charge is 0.250 e. The van der Waals surface area contributed by atoms with E-state index in [2.05, 4.69) is 5.32 Å². The summed E-state index contributed by atoms with van der Waals surface area (Å²) in [4.78, 5) is 24.1. The average Bonchev–Trinajstić information content (AvgIpc) is 2.54. The number of carbonyl (C=O) groups excluding carboxylic acids is 2. The van der Waals surface area contributed by atoms with E-state index in [1.807, 2.05) is 0 Å². The maximum atomic E-state index is 12.5. The van der Waals surface area contributed by atoms with Gasteiger partial charge in [-0.25, -0.2) is 0 Å². The fourth-order valence-corrected chi connectivity index (χ4v) is 2.89. The molecule has 2 rings (SSSR count). The van der Waals surface area contributed by atoms with Crippen molar-refractivity contribution >= 4 is 17.5 Å². The number of amides is 2. The van der Waals surface area contributed by atoms with Crippen molar-refractivity contribution in [3.05, 3.63) is 17.7 Å². The summed E-state index contributed by atoms with van der Waals surface area (Å²) < 4.78 is 10.4. The van der Waals surface area contributed by atoms with Crippen LogP contribution in [0.4, 0.5) is 5.69 Å². The maximum absolute atomic E-state index is 12.5. The Morgan fingerprint density at radius 3 is 2.39 bits per heavy atom. The van der Waals surface area contributed by atoms with Crippen LogP contribution in [0.15, 0.2) is 12.1 Å². The zero-order valence-corrected chi connectivity index (χ0v) is 13.4. The minimum Gasteiger partial charge on any atom is -0.493 e. The minimum absolute atomic E-state index is 0.0421. The number of benzene rings is 1. The Balaban J connectivity index is 2.26. The lowest BCUT2D eigenvalue weighted by atomic mass is 9.85. The van der Waals surface area contributed by atoms with Crippen LogP contribution in [-0.4, -0.2) is 32.1 Å². The van der Waals surface area contributed by atoms with Gasteiger partial charge >= 0.3 is 0 Å². The molecule has 1 aromatic carbocycles. The van der Waals surface area contributed by atoms with Gasteiger partial charge in [0.05, 0.1) is 25.5 Å². The van der Waals surface area contributed by atoms with Crippen molar-refractivity contribution in [3.63, 3.8) is 0 Å². The molecule has 1 aliphatic carbocycles. The summed E-state index contributed by atoms with van der Waals surface area (Å²) in [6.07, 6.45) is 3.30. The largest absolute Gasteiger partial charge is 0.493 e. The van der Waals surface area contributed by atoms with Crippen LogP contribution in [0.3, 0.4) is 0 Å². The van der Waals surface area contributed by atoms with Crippen molar-refractivity contribution < 1.29 is 19.1 Å². The third-order valence-electron chi connectivity index (χ3n) is 4.13. The molecule has 126 valence electrons. The van der Waals surface area contributed by atoms with Crippen molar-refractivity contribution in [1.29, 1.82) is 0 Å². The number of hydrogen-bond donors (Lipinski definition) is 3. The van der Waals surface area contributed by atoms with Gasteiger partial charge in [-0.3, -0.25) is 9.59 Å². The topological polar surface area (TPSA) is 117 Å². The first kappa shape index (κ1) is 17.1. The van der Waals surface area contributed by atoms with E-state index >= 15 is 0 Å².